The van der Waals surface area contributed by atoms with Gasteiger partial charge in [-0.3, -0.25) is 4.79 Å². The molecule has 3 heteroatoms. The van der Waals surface area contributed by atoms with Crippen LogP contribution in [0.2, 0.25) is 0 Å². The normalized spacial score (nSPS) is 17.6. The Balaban J connectivity index is 2.18. The van der Waals surface area contributed by atoms with E-state index in [1.807, 2.05) is 0 Å². The molecule has 0 aromatic carbocycles. The second-order valence-corrected chi connectivity index (χ2v) is 6.49. The summed E-state index contributed by atoms with van der Waals surface area (Å²) in [7, 11) is 1.50. The van der Waals surface area contributed by atoms with Gasteiger partial charge in [-0.05, 0) is 19.3 Å². The molecule has 0 radical (unpaired) electrons. The average Bonchev–Trinajstić information content (AvgIpc) is 2.53. The first-order valence-corrected chi connectivity index (χ1v) is 9.11. The fourth-order valence-electron chi connectivity index (χ4n) is 3.27. The van der Waals surface area contributed by atoms with Crippen molar-refractivity contribution in [2.45, 2.75) is 102 Å². The first-order chi connectivity index (χ1) is 10.3. The summed E-state index contributed by atoms with van der Waals surface area (Å²) >= 11 is 0. The van der Waals surface area contributed by atoms with Crippen LogP contribution in [0.3, 0.4) is 0 Å². The predicted octanol–water partition coefficient (Wildman–Crippen LogP) is 4.59. The molecule has 0 bridgehead atoms. The summed E-state index contributed by atoms with van der Waals surface area (Å²) in [6.45, 7) is 2.25. The molecule has 1 unspecified atom stereocenters. The number of hydrogen-bond donors (Lipinski definition) is 1. The van der Waals surface area contributed by atoms with Crippen molar-refractivity contribution in [3.05, 3.63) is 0 Å². The van der Waals surface area contributed by atoms with E-state index in [0.29, 0.717) is 6.04 Å². The average molecular weight is 297 g/mol. The number of rotatable bonds is 11. The molecule has 124 valence electrons. The van der Waals surface area contributed by atoms with Crippen LogP contribution in [0.15, 0.2) is 0 Å². The Morgan fingerprint density at radius 2 is 1.67 bits per heavy atom. The summed E-state index contributed by atoms with van der Waals surface area (Å²) in [5.41, 5.74) is 0. The number of nitrogens with one attached hydrogen (secondary N) is 1. The van der Waals surface area contributed by atoms with E-state index < -0.39 is 0 Å². The Hall–Kier alpha value is -0.570. The minimum Gasteiger partial charge on any atom is -0.468 e. The minimum absolute atomic E-state index is 0.0773. The number of carbonyl (C=O) groups is 1. The van der Waals surface area contributed by atoms with Gasteiger partial charge in [0, 0.05) is 6.04 Å². The number of esters is 1. The van der Waals surface area contributed by atoms with E-state index in [0.717, 1.165) is 12.8 Å². The third-order valence-electron chi connectivity index (χ3n) is 4.62. The van der Waals surface area contributed by atoms with Crippen molar-refractivity contribution in [3.63, 3.8) is 0 Å². The highest BCUT2D eigenvalue weighted by Crippen LogP contribution is 2.19. The van der Waals surface area contributed by atoms with Gasteiger partial charge < -0.3 is 10.1 Å². The van der Waals surface area contributed by atoms with E-state index >= 15 is 0 Å². The number of hydrogen-bond acceptors (Lipinski definition) is 3. The monoisotopic (exact) mass is 297 g/mol. The van der Waals surface area contributed by atoms with E-state index in [1.54, 1.807) is 0 Å². The Bertz CT molecular complexity index is 262. The molecule has 0 heterocycles. The van der Waals surface area contributed by atoms with Crippen LogP contribution < -0.4 is 5.32 Å². The molecule has 0 saturated heterocycles. The van der Waals surface area contributed by atoms with Crippen LogP contribution in [0.25, 0.3) is 0 Å². The first kappa shape index (κ1) is 18.5. The van der Waals surface area contributed by atoms with Gasteiger partial charge in [0.15, 0.2) is 0 Å². The van der Waals surface area contributed by atoms with Gasteiger partial charge in [0.05, 0.1) is 7.11 Å². The molecular formula is C18H35NO2. The lowest BCUT2D eigenvalue weighted by Gasteiger charge is -2.27. The van der Waals surface area contributed by atoms with Gasteiger partial charge in [0.2, 0.25) is 0 Å². The standard InChI is InChI=1S/C18H35NO2/c1-3-4-5-6-7-8-12-15-17(18(20)21-2)19-16-13-10-9-11-14-16/h16-17,19H,3-15H2,1-2H3. The molecule has 1 fully saturated rings. The van der Waals surface area contributed by atoms with Gasteiger partial charge in [0.1, 0.15) is 6.04 Å². The van der Waals surface area contributed by atoms with Gasteiger partial charge in [-0.1, -0.05) is 71.1 Å². The van der Waals surface area contributed by atoms with Crippen LogP contribution in [0.1, 0.15) is 90.4 Å². The zero-order valence-corrected chi connectivity index (χ0v) is 14.2. The third-order valence-corrected chi connectivity index (χ3v) is 4.62. The first-order valence-electron chi connectivity index (χ1n) is 9.11. The van der Waals surface area contributed by atoms with Crippen molar-refractivity contribution in [2.75, 3.05) is 7.11 Å². The molecule has 0 aliphatic heterocycles. The smallest absolute Gasteiger partial charge is 0.322 e. The maximum atomic E-state index is 11.9. The second-order valence-electron chi connectivity index (χ2n) is 6.49. The van der Waals surface area contributed by atoms with Crippen molar-refractivity contribution in [3.8, 4) is 0 Å². The van der Waals surface area contributed by atoms with Gasteiger partial charge in [-0.15, -0.1) is 0 Å². The van der Waals surface area contributed by atoms with E-state index in [9.17, 15) is 4.79 Å². The number of methoxy groups -OCH3 is 1. The Morgan fingerprint density at radius 1 is 1.05 bits per heavy atom. The second kappa shape index (κ2) is 12.0. The number of unbranched alkanes of at least 4 members (excludes halogenated alkanes) is 6. The maximum absolute atomic E-state index is 11.9. The predicted molar refractivity (Wildman–Crippen MR) is 88.4 cm³/mol. The van der Waals surface area contributed by atoms with E-state index in [-0.39, 0.29) is 12.0 Å². The van der Waals surface area contributed by atoms with Crippen LogP contribution in [0.5, 0.6) is 0 Å². The third kappa shape index (κ3) is 8.45. The zero-order chi connectivity index (χ0) is 15.3. The lowest BCUT2D eigenvalue weighted by molar-refractivity contribution is -0.143. The van der Waals surface area contributed by atoms with Crippen molar-refractivity contribution >= 4 is 5.97 Å². The summed E-state index contributed by atoms with van der Waals surface area (Å²) in [6, 6.07) is 0.432. The number of carbonyl (C=O) groups excluding carboxylic acids is 1. The van der Waals surface area contributed by atoms with E-state index in [1.165, 1.54) is 77.7 Å². The molecular weight excluding hydrogens is 262 g/mol. The summed E-state index contributed by atoms with van der Waals surface area (Å²) in [4.78, 5) is 11.9. The molecule has 21 heavy (non-hydrogen) atoms. The van der Waals surface area contributed by atoms with Gasteiger partial charge in [0.25, 0.3) is 0 Å². The van der Waals surface area contributed by atoms with Crippen molar-refractivity contribution in [1.29, 1.82) is 0 Å². The summed E-state index contributed by atoms with van der Waals surface area (Å²) in [6.07, 6.45) is 16.3. The molecule has 0 spiro atoms. The highest BCUT2D eigenvalue weighted by atomic mass is 16.5. The summed E-state index contributed by atoms with van der Waals surface area (Å²) in [5.74, 6) is -0.0773. The maximum Gasteiger partial charge on any atom is 0.322 e. The molecule has 3 nitrogen and oxygen atoms in total. The Labute approximate surface area is 131 Å². The molecule has 1 aliphatic rings. The summed E-state index contributed by atoms with van der Waals surface area (Å²) in [5, 5.41) is 3.54. The van der Waals surface area contributed by atoms with Crippen LogP contribution in [-0.4, -0.2) is 25.2 Å². The lowest BCUT2D eigenvalue weighted by atomic mass is 9.94. The highest BCUT2D eigenvalue weighted by Gasteiger charge is 2.23. The molecule has 1 aliphatic carbocycles. The van der Waals surface area contributed by atoms with Crippen LogP contribution in [0.4, 0.5) is 0 Å². The molecule has 1 atom stereocenters. The molecule has 1 saturated carbocycles. The van der Waals surface area contributed by atoms with Crippen molar-refractivity contribution in [2.24, 2.45) is 0 Å². The summed E-state index contributed by atoms with van der Waals surface area (Å²) < 4.78 is 4.96. The Morgan fingerprint density at radius 3 is 2.29 bits per heavy atom. The van der Waals surface area contributed by atoms with Gasteiger partial charge in [-0.2, -0.15) is 0 Å². The molecule has 1 rings (SSSR count). The largest absolute Gasteiger partial charge is 0.468 e. The fourth-order valence-corrected chi connectivity index (χ4v) is 3.27. The van der Waals surface area contributed by atoms with Crippen LogP contribution >= 0.6 is 0 Å². The highest BCUT2D eigenvalue weighted by molar-refractivity contribution is 5.75. The van der Waals surface area contributed by atoms with Crippen LogP contribution in [-0.2, 0) is 9.53 Å². The van der Waals surface area contributed by atoms with E-state index in [2.05, 4.69) is 12.2 Å². The molecule has 1 N–H and O–H groups in total. The van der Waals surface area contributed by atoms with E-state index in [4.69, 9.17) is 4.74 Å². The molecule has 0 aromatic heterocycles. The number of ether oxygens (including phenoxy) is 1. The Kier molecular flexibility index (Phi) is 10.6. The van der Waals surface area contributed by atoms with Crippen molar-refractivity contribution in [1.82, 2.24) is 5.32 Å². The quantitative estimate of drug-likeness (QED) is 0.448. The minimum atomic E-state index is -0.0891. The van der Waals surface area contributed by atoms with Gasteiger partial charge >= 0.3 is 5.97 Å². The van der Waals surface area contributed by atoms with Gasteiger partial charge in [-0.25, -0.2) is 0 Å². The van der Waals surface area contributed by atoms with Crippen molar-refractivity contribution < 1.29 is 9.53 Å². The SMILES string of the molecule is CCCCCCCCCC(NC1CCCCC1)C(=O)OC. The zero-order valence-electron chi connectivity index (χ0n) is 14.2. The fraction of sp³-hybridized carbons (Fsp3) is 0.944. The van der Waals surface area contributed by atoms with Crippen LogP contribution in [0, 0.1) is 0 Å². The molecule has 0 amide bonds. The topological polar surface area (TPSA) is 38.3 Å². The molecule has 0 aromatic rings. The lowest BCUT2D eigenvalue weighted by Crippen LogP contribution is -2.44.